The van der Waals surface area contributed by atoms with Gasteiger partial charge >= 0.3 is 0 Å². The zero-order chi connectivity index (χ0) is 14.6. The summed E-state index contributed by atoms with van der Waals surface area (Å²) in [6.45, 7) is 1.57. The van der Waals surface area contributed by atoms with Crippen LogP contribution in [0.3, 0.4) is 0 Å². The molecule has 1 aromatic carbocycles. The highest BCUT2D eigenvalue weighted by molar-refractivity contribution is 9.10. The third-order valence-electron chi connectivity index (χ3n) is 2.52. The van der Waals surface area contributed by atoms with Gasteiger partial charge in [-0.15, -0.1) is 0 Å². The number of sulfonamides is 1. The topological polar surface area (TPSA) is 71.1 Å². The summed E-state index contributed by atoms with van der Waals surface area (Å²) < 4.78 is 26.2. The van der Waals surface area contributed by atoms with Crippen LogP contribution in [0.4, 0.5) is 17.2 Å². The predicted molar refractivity (Wildman–Crippen MR) is 84.7 cm³/mol. The Morgan fingerprint density at radius 3 is 2.60 bits per heavy atom. The van der Waals surface area contributed by atoms with Gasteiger partial charge in [-0.1, -0.05) is 22.0 Å². The fourth-order valence-corrected chi connectivity index (χ4v) is 2.48. The van der Waals surface area contributed by atoms with E-state index in [1.54, 1.807) is 25.3 Å². The molecule has 0 aliphatic heterocycles. The van der Waals surface area contributed by atoms with Crippen LogP contribution >= 0.6 is 15.9 Å². The van der Waals surface area contributed by atoms with Gasteiger partial charge in [0.1, 0.15) is 5.82 Å². The molecule has 0 radical (unpaired) electrons. The molecular weight excluding hydrogens is 342 g/mol. The zero-order valence-electron chi connectivity index (χ0n) is 10.8. The Morgan fingerprint density at radius 2 is 2.00 bits per heavy atom. The summed E-state index contributed by atoms with van der Waals surface area (Å²) >= 11 is 3.40. The lowest BCUT2D eigenvalue weighted by Gasteiger charge is -2.08. The largest absolute Gasteiger partial charge is 0.354 e. The smallest absolute Gasteiger partial charge is 0.233 e. The van der Waals surface area contributed by atoms with Crippen LogP contribution in [0.1, 0.15) is 6.92 Å². The monoisotopic (exact) mass is 355 g/mol. The Balaban J connectivity index is 2.09. The molecule has 0 spiro atoms. The van der Waals surface area contributed by atoms with Gasteiger partial charge in [-0.05, 0) is 37.3 Å². The SMILES string of the molecule is CCS(=O)(=O)Nc1ccc(Nc2cccc(Br)c2)cn1. The first-order valence-electron chi connectivity index (χ1n) is 5.97. The molecule has 7 heteroatoms. The molecule has 1 aromatic heterocycles. The van der Waals surface area contributed by atoms with Crippen LogP contribution in [0, 0.1) is 0 Å². The Morgan fingerprint density at radius 1 is 1.20 bits per heavy atom. The Bertz CT molecular complexity index is 687. The molecule has 0 aliphatic carbocycles. The van der Waals surface area contributed by atoms with Crippen molar-refractivity contribution in [1.29, 1.82) is 0 Å². The van der Waals surface area contributed by atoms with E-state index in [1.165, 1.54) is 0 Å². The fraction of sp³-hybridized carbons (Fsp3) is 0.154. The third kappa shape index (κ3) is 4.21. The van der Waals surface area contributed by atoms with Crippen LogP contribution in [-0.2, 0) is 10.0 Å². The number of anilines is 3. The number of aromatic nitrogens is 1. The third-order valence-corrected chi connectivity index (χ3v) is 4.29. The molecule has 5 nitrogen and oxygen atoms in total. The number of nitrogens with zero attached hydrogens (tertiary/aromatic N) is 1. The number of nitrogens with one attached hydrogen (secondary N) is 2. The van der Waals surface area contributed by atoms with Crippen molar-refractivity contribution in [3.8, 4) is 0 Å². The van der Waals surface area contributed by atoms with Gasteiger partial charge in [-0.25, -0.2) is 13.4 Å². The Hall–Kier alpha value is -1.60. The van der Waals surface area contributed by atoms with Gasteiger partial charge in [0.25, 0.3) is 0 Å². The minimum atomic E-state index is -3.29. The highest BCUT2D eigenvalue weighted by Crippen LogP contribution is 2.20. The van der Waals surface area contributed by atoms with Gasteiger partial charge in [0.05, 0.1) is 17.6 Å². The number of halogens is 1. The minimum Gasteiger partial charge on any atom is -0.354 e. The fourth-order valence-electron chi connectivity index (χ4n) is 1.49. The first-order chi connectivity index (χ1) is 9.48. The highest BCUT2D eigenvalue weighted by atomic mass is 79.9. The molecule has 1 heterocycles. The zero-order valence-corrected chi connectivity index (χ0v) is 13.2. The predicted octanol–water partition coefficient (Wildman–Crippen LogP) is 3.35. The van der Waals surface area contributed by atoms with E-state index in [1.807, 2.05) is 24.3 Å². The number of pyridine rings is 1. The lowest BCUT2D eigenvalue weighted by Crippen LogP contribution is -2.15. The first kappa shape index (κ1) is 14.8. The number of rotatable bonds is 5. The van der Waals surface area contributed by atoms with Gasteiger partial charge < -0.3 is 5.32 Å². The maximum absolute atomic E-state index is 11.4. The van der Waals surface area contributed by atoms with Crippen LogP contribution in [0.25, 0.3) is 0 Å². The molecule has 0 unspecified atom stereocenters. The maximum Gasteiger partial charge on any atom is 0.233 e. The lowest BCUT2D eigenvalue weighted by atomic mass is 10.3. The van der Waals surface area contributed by atoms with Crippen molar-refractivity contribution in [3.63, 3.8) is 0 Å². The van der Waals surface area contributed by atoms with Crippen molar-refractivity contribution >= 4 is 43.1 Å². The average Bonchev–Trinajstić information content (AvgIpc) is 2.41. The molecule has 0 fully saturated rings. The van der Waals surface area contributed by atoms with Gasteiger partial charge in [0.2, 0.25) is 10.0 Å². The van der Waals surface area contributed by atoms with Gasteiger partial charge in [0.15, 0.2) is 0 Å². The number of hydrogen-bond donors (Lipinski definition) is 2. The maximum atomic E-state index is 11.4. The van der Waals surface area contributed by atoms with E-state index in [0.29, 0.717) is 5.82 Å². The molecule has 0 amide bonds. The molecule has 0 saturated carbocycles. The number of hydrogen-bond acceptors (Lipinski definition) is 4. The first-order valence-corrected chi connectivity index (χ1v) is 8.42. The molecule has 0 atom stereocenters. The summed E-state index contributed by atoms with van der Waals surface area (Å²) in [5, 5.41) is 3.18. The summed E-state index contributed by atoms with van der Waals surface area (Å²) in [5.74, 6) is 0.332. The second kappa shape index (κ2) is 6.23. The van der Waals surface area contributed by atoms with Crippen LogP contribution in [-0.4, -0.2) is 19.2 Å². The van der Waals surface area contributed by atoms with E-state index < -0.39 is 10.0 Å². The van der Waals surface area contributed by atoms with Crippen molar-refractivity contribution in [2.45, 2.75) is 6.92 Å². The lowest BCUT2D eigenvalue weighted by molar-refractivity contribution is 0.602. The van der Waals surface area contributed by atoms with Crippen LogP contribution in [0.15, 0.2) is 47.1 Å². The molecule has 0 saturated heterocycles. The molecule has 0 bridgehead atoms. The minimum absolute atomic E-state index is 0.0206. The molecule has 20 heavy (non-hydrogen) atoms. The van der Waals surface area contributed by atoms with Crippen molar-refractivity contribution in [3.05, 3.63) is 47.1 Å². The molecular formula is C13H14BrN3O2S. The summed E-state index contributed by atoms with van der Waals surface area (Å²) in [7, 11) is -3.29. The van der Waals surface area contributed by atoms with Gasteiger partial charge in [-0.3, -0.25) is 4.72 Å². The summed E-state index contributed by atoms with van der Waals surface area (Å²) in [6.07, 6.45) is 1.58. The van der Waals surface area contributed by atoms with Crippen LogP contribution < -0.4 is 10.0 Å². The van der Waals surface area contributed by atoms with Crippen molar-refractivity contribution in [2.75, 3.05) is 15.8 Å². The summed E-state index contributed by atoms with van der Waals surface area (Å²) in [4.78, 5) is 4.07. The highest BCUT2D eigenvalue weighted by Gasteiger charge is 2.07. The van der Waals surface area contributed by atoms with E-state index in [4.69, 9.17) is 0 Å². The molecule has 0 aliphatic rings. The second-order valence-corrected chi connectivity index (χ2v) is 7.00. The van der Waals surface area contributed by atoms with Crippen LogP contribution in [0.5, 0.6) is 0 Å². The molecule has 2 N–H and O–H groups in total. The molecule has 2 rings (SSSR count). The van der Waals surface area contributed by atoms with E-state index in [0.717, 1.165) is 15.8 Å². The summed E-state index contributed by atoms with van der Waals surface area (Å²) in [5.41, 5.74) is 1.70. The van der Waals surface area contributed by atoms with E-state index in [-0.39, 0.29) is 5.75 Å². The van der Waals surface area contributed by atoms with Gasteiger partial charge in [-0.2, -0.15) is 0 Å². The van der Waals surface area contributed by atoms with Crippen molar-refractivity contribution in [1.82, 2.24) is 4.98 Å². The van der Waals surface area contributed by atoms with E-state index in [2.05, 4.69) is 31.0 Å². The van der Waals surface area contributed by atoms with Crippen molar-refractivity contribution < 1.29 is 8.42 Å². The second-order valence-electron chi connectivity index (χ2n) is 4.07. The van der Waals surface area contributed by atoms with E-state index >= 15 is 0 Å². The molecule has 2 aromatic rings. The van der Waals surface area contributed by atoms with E-state index in [9.17, 15) is 8.42 Å². The normalized spacial score (nSPS) is 11.1. The average molecular weight is 356 g/mol. The van der Waals surface area contributed by atoms with Gasteiger partial charge in [0, 0.05) is 10.2 Å². The van der Waals surface area contributed by atoms with Crippen LogP contribution in [0.2, 0.25) is 0 Å². The molecule has 106 valence electrons. The Kier molecular flexibility index (Phi) is 4.61. The standard InChI is InChI=1S/C13H14BrN3O2S/c1-2-20(18,19)17-13-7-6-12(9-15-13)16-11-5-3-4-10(14)8-11/h3-9,16H,2H2,1H3,(H,15,17). The summed E-state index contributed by atoms with van der Waals surface area (Å²) in [6, 6.07) is 11.1. The Labute approximate surface area is 126 Å². The van der Waals surface area contributed by atoms with Crippen molar-refractivity contribution in [2.24, 2.45) is 0 Å². The quantitative estimate of drug-likeness (QED) is 0.862. The number of benzene rings is 1.